The van der Waals surface area contributed by atoms with Gasteiger partial charge in [0.2, 0.25) is 0 Å². The summed E-state index contributed by atoms with van der Waals surface area (Å²) in [5, 5.41) is 0. The van der Waals surface area contributed by atoms with Gasteiger partial charge in [0.25, 0.3) is 0 Å². The van der Waals surface area contributed by atoms with Crippen LogP contribution in [0.3, 0.4) is 0 Å². The molecule has 0 spiro atoms. The molecule has 0 nitrogen and oxygen atoms in total. The molecule has 0 fully saturated rings. The Morgan fingerprint density at radius 1 is 0.452 bits per heavy atom. The van der Waals surface area contributed by atoms with E-state index in [1.165, 1.54) is 44.5 Å². The number of aryl methyl sites for hydroxylation is 2. The normalized spacial score (nSPS) is 11.7. The topological polar surface area (TPSA) is 0 Å². The van der Waals surface area contributed by atoms with Gasteiger partial charge in [0.15, 0.2) is 0 Å². The zero-order valence-corrected chi connectivity index (χ0v) is 22.3. The van der Waals surface area contributed by atoms with E-state index in [0.29, 0.717) is 0 Å². The van der Waals surface area contributed by atoms with E-state index >= 15 is 0 Å². The first-order chi connectivity index (χ1) is 13.9. The number of fused-ring (bicyclic) bond motifs is 6. The average Bonchev–Trinajstić information content (AvgIpc) is 3.31. The Morgan fingerprint density at radius 3 is 1.29 bits per heavy atom. The predicted octanol–water partition coefficient (Wildman–Crippen LogP) is 0.620. The summed E-state index contributed by atoms with van der Waals surface area (Å²) in [5.74, 6) is 0. The SMILES string of the molecule is [Cl-].[Cl-].[Hf].c1ccc2c(c1)Cc1c(CCc3cccc4c3Cc3ccccc3-4)cccc1-2. The molecule has 0 unspecified atom stereocenters. The molecule has 0 aromatic heterocycles. The van der Waals surface area contributed by atoms with E-state index in [2.05, 4.69) is 84.9 Å². The molecule has 4 aromatic rings. The summed E-state index contributed by atoms with van der Waals surface area (Å²) in [5.41, 5.74) is 14.8. The van der Waals surface area contributed by atoms with Crippen molar-refractivity contribution in [3.05, 3.63) is 118 Å². The van der Waals surface area contributed by atoms with Crippen LogP contribution in [0.25, 0.3) is 22.3 Å². The second kappa shape index (κ2) is 9.86. The fourth-order valence-corrected chi connectivity index (χ4v) is 5.18. The van der Waals surface area contributed by atoms with Gasteiger partial charge in [-0.2, -0.15) is 0 Å². The standard InChI is InChI=1S/C28H22.2ClH.Hf/c1-3-11-23-21(7-1)17-27-19(9-5-13-25(23)27)15-16-20-10-6-14-26-24-12-4-2-8-22(24)18-28(20)26;;;/h1-14H,15-18H2;2*1H;/p-2. The molecule has 0 aliphatic heterocycles. The smallest absolute Gasteiger partial charge is 0 e. The van der Waals surface area contributed by atoms with Crippen LogP contribution in [0.4, 0.5) is 0 Å². The second-order valence-electron chi connectivity index (χ2n) is 8.05. The monoisotopic (exact) mass is 608 g/mol. The maximum Gasteiger partial charge on any atom is 0 e. The van der Waals surface area contributed by atoms with Crippen molar-refractivity contribution in [3.8, 4) is 22.3 Å². The molecular formula is C28H22Cl2Hf-2. The van der Waals surface area contributed by atoms with Crippen LogP contribution >= 0.6 is 0 Å². The van der Waals surface area contributed by atoms with Gasteiger partial charge in [-0.25, -0.2) is 0 Å². The molecular weight excluding hydrogens is 586 g/mol. The molecule has 4 aromatic carbocycles. The Labute approximate surface area is 215 Å². The first-order valence-electron chi connectivity index (χ1n) is 10.3. The van der Waals surface area contributed by atoms with E-state index in [4.69, 9.17) is 0 Å². The Kier molecular flexibility index (Phi) is 7.63. The summed E-state index contributed by atoms with van der Waals surface area (Å²) in [6.45, 7) is 0. The van der Waals surface area contributed by atoms with Crippen LogP contribution in [0.1, 0.15) is 33.4 Å². The molecule has 0 saturated heterocycles. The molecule has 0 bridgehead atoms. The molecule has 3 heteroatoms. The maximum absolute atomic E-state index is 2.34. The first kappa shape index (κ1) is 24.0. The largest absolute Gasteiger partial charge is 1.00 e. The van der Waals surface area contributed by atoms with Crippen molar-refractivity contribution in [1.82, 2.24) is 0 Å². The summed E-state index contributed by atoms with van der Waals surface area (Å²) >= 11 is 0. The van der Waals surface area contributed by atoms with Gasteiger partial charge in [0, 0.05) is 25.8 Å². The molecule has 2 aliphatic carbocycles. The number of rotatable bonds is 3. The van der Waals surface area contributed by atoms with Crippen LogP contribution in [-0.4, -0.2) is 0 Å². The first-order valence-corrected chi connectivity index (χ1v) is 10.3. The van der Waals surface area contributed by atoms with Gasteiger partial charge < -0.3 is 24.8 Å². The van der Waals surface area contributed by atoms with Gasteiger partial charge in [0.1, 0.15) is 0 Å². The zero-order chi connectivity index (χ0) is 18.5. The fraction of sp³-hybridized carbons (Fsp3) is 0.143. The van der Waals surface area contributed by atoms with Crippen molar-refractivity contribution in [2.24, 2.45) is 0 Å². The van der Waals surface area contributed by atoms with E-state index in [0.717, 1.165) is 25.7 Å². The number of hydrogen-bond donors (Lipinski definition) is 0. The van der Waals surface area contributed by atoms with Crippen molar-refractivity contribution >= 4 is 0 Å². The summed E-state index contributed by atoms with van der Waals surface area (Å²) in [7, 11) is 0. The van der Waals surface area contributed by atoms with Gasteiger partial charge in [-0.15, -0.1) is 0 Å². The Hall–Kier alpha value is -1.67. The van der Waals surface area contributed by atoms with E-state index in [1.54, 1.807) is 11.1 Å². The van der Waals surface area contributed by atoms with E-state index < -0.39 is 0 Å². The molecule has 0 heterocycles. The number of hydrogen-bond acceptors (Lipinski definition) is 0. The van der Waals surface area contributed by atoms with Crippen LogP contribution in [0, 0.1) is 0 Å². The summed E-state index contributed by atoms with van der Waals surface area (Å²) in [4.78, 5) is 0. The van der Waals surface area contributed by atoms with Crippen LogP contribution < -0.4 is 24.8 Å². The van der Waals surface area contributed by atoms with Gasteiger partial charge in [0.05, 0.1) is 0 Å². The third-order valence-electron chi connectivity index (χ3n) is 6.56. The van der Waals surface area contributed by atoms with E-state index in [1.807, 2.05) is 0 Å². The van der Waals surface area contributed by atoms with Gasteiger partial charge >= 0.3 is 0 Å². The van der Waals surface area contributed by atoms with Crippen LogP contribution in [0.2, 0.25) is 0 Å². The molecule has 0 atom stereocenters. The minimum atomic E-state index is 0. The average molecular weight is 608 g/mol. The van der Waals surface area contributed by atoms with Crippen molar-refractivity contribution in [2.75, 3.05) is 0 Å². The predicted molar refractivity (Wildman–Crippen MR) is 117 cm³/mol. The minimum Gasteiger partial charge on any atom is -1.00 e. The fourth-order valence-electron chi connectivity index (χ4n) is 5.18. The summed E-state index contributed by atoms with van der Waals surface area (Å²) < 4.78 is 0. The maximum atomic E-state index is 2.34. The van der Waals surface area contributed by atoms with Gasteiger partial charge in [-0.05, 0) is 81.3 Å². The van der Waals surface area contributed by atoms with Crippen molar-refractivity contribution in [2.45, 2.75) is 25.7 Å². The van der Waals surface area contributed by atoms with Crippen molar-refractivity contribution in [3.63, 3.8) is 0 Å². The van der Waals surface area contributed by atoms with Crippen molar-refractivity contribution < 1.29 is 50.7 Å². The number of benzene rings is 4. The van der Waals surface area contributed by atoms with Crippen LogP contribution in [-0.2, 0) is 51.5 Å². The molecule has 6 rings (SSSR count). The minimum absolute atomic E-state index is 0. The van der Waals surface area contributed by atoms with Crippen LogP contribution in [0.5, 0.6) is 0 Å². The van der Waals surface area contributed by atoms with Crippen LogP contribution in [0.15, 0.2) is 84.9 Å². The van der Waals surface area contributed by atoms with E-state index in [9.17, 15) is 0 Å². The molecule has 0 radical (unpaired) electrons. The molecule has 0 N–H and O–H groups in total. The quantitative estimate of drug-likeness (QED) is 0.259. The molecule has 2 aliphatic rings. The van der Waals surface area contributed by atoms with Gasteiger partial charge in [-0.1, -0.05) is 84.9 Å². The summed E-state index contributed by atoms with van der Waals surface area (Å²) in [6.07, 6.45) is 4.40. The number of halogens is 2. The Balaban J connectivity index is 0.000000907. The third kappa shape index (κ3) is 4.09. The zero-order valence-electron chi connectivity index (χ0n) is 17.2. The third-order valence-corrected chi connectivity index (χ3v) is 6.56. The van der Waals surface area contributed by atoms with Gasteiger partial charge in [-0.3, -0.25) is 0 Å². The molecule has 0 amide bonds. The molecule has 154 valence electrons. The van der Waals surface area contributed by atoms with E-state index in [-0.39, 0.29) is 50.7 Å². The second-order valence-corrected chi connectivity index (χ2v) is 8.05. The Bertz CT molecular complexity index is 1130. The molecule has 31 heavy (non-hydrogen) atoms. The summed E-state index contributed by atoms with van der Waals surface area (Å²) in [6, 6.07) is 31.5. The Morgan fingerprint density at radius 2 is 0.839 bits per heavy atom. The molecule has 0 saturated carbocycles. The van der Waals surface area contributed by atoms with Crippen molar-refractivity contribution in [1.29, 1.82) is 0 Å².